The number of amides is 1. The molecule has 0 radical (unpaired) electrons. The molecule has 1 atom stereocenters. The Hall–Kier alpha value is -0.910. The quantitative estimate of drug-likeness (QED) is 0.896. The van der Waals surface area contributed by atoms with Crippen LogP contribution < -0.4 is 11.1 Å². The molecule has 1 aromatic heterocycles. The van der Waals surface area contributed by atoms with Gasteiger partial charge in [-0.15, -0.1) is 11.3 Å². The van der Waals surface area contributed by atoms with Crippen LogP contribution in [0.5, 0.6) is 0 Å². The van der Waals surface area contributed by atoms with E-state index < -0.39 is 5.41 Å². The summed E-state index contributed by atoms with van der Waals surface area (Å²) in [7, 11) is 0. The van der Waals surface area contributed by atoms with Gasteiger partial charge < -0.3 is 15.8 Å². The minimum absolute atomic E-state index is 0.118. The van der Waals surface area contributed by atoms with Gasteiger partial charge in [0.25, 0.3) is 0 Å². The average molecular weight is 294 g/mol. The lowest BCUT2D eigenvalue weighted by Crippen LogP contribution is -2.50. The molecule has 1 unspecified atom stereocenters. The maximum absolute atomic E-state index is 12.7. The number of thiophene rings is 1. The summed E-state index contributed by atoms with van der Waals surface area (Å²) in [5, 5.41) is 5.38. The van der Waals surface area contributed by atoms with Crippen molar-refractivity contribution in [1.82, 2.24) is 5.32 Å². The lowest BCUT2D eigenvalue weighted by atomic mass is 9.78. The first-order chi connectivity index (χ1) is 9.75. The molecule has 2 aliphatic rings. The van der Waals surface area contributed by atoms with E-state index in [2.05, 4.69) is 16.8 Å². The second-order valence-electron chi connectivity index (χ2n) is 5.81. The third-order valence-electron chi connectivity index (χ3n) is 4.68. The Labute approximate surface area is 123 Å². The van der Waals surface area contributed by atoms with Crippen LogP contribution in [0, 0.1) is 5.41 Å². The van der Waals surface area contributed by atoms with Crippen molar-refractivity contribution in [2.45, 2.75) is 38.1 Å². The van der Waals surface area contributed by atoms with Crippen molar-refractivity contribution < 1.29 is 9.53 Å². The summed E-state index contributed by atoms with van der Waals surface area (Å²) in [6.45, 7) is 1.68. The number of rotatable bonds is 3. The third-order valence-corrected chi connectivity index (χ3v) is 5.68. The normalized spacial score (nSPS) is 24.9. The highest BCUT2D eigenvalue weighted by atomic mass is 32.1. The maximum atomic E-state index is 12.7. The number of hydrogen-bond acceptors (Lipinski definition) is 4. The van der Waals surface area contributed by atoms with E-state index in [1.807, 2.05) is 0 Å². The molecule has 4 nitrogen and oxygen atoms in total. The lowest BCUT2D eigenvalue weighted by molar-refractivity contribution is -0.136. The van der Waals surface area contributed by atoms with Crippen LogP contribution in [0.15, 0.2) is 11.4 Å². The predicted octanol–water partition coefficient (Wildman–Crippen LogP) is 2.00. The SMILES string of the molecule is NCC1(C(=O)NC2CCCc3sccc32)CCOCC1. The number of nitrogens with one attached hydrogen (secondary N) is 1. The van der Waals surface area contributed by atoms with E-state index in [-0.39, 0.29) is 11.9 Å². The van der Waals surface area contributed by atoms with Gasteiger partial charge in [-0.1, -0.05) is 0 Å². The summed E-state index contributed by atoms with van der Waals surface area (Å²) in [6, 6.07) is 2.33. The third kappa shape index (κ3) is 2.50. The van der Waals surface area contributed by atoms with Gasteiger partial charge in [0.15, 0.2) is 0 Å². The van der Waals surface area contributed by atoms with E-state index in [9.17, 15) is 4.79 Å². The van der Waals surface area contributed by atoms with Gasteiger partial charge in [0.1, 0.15) is 0 Å². The highest BCUT2D eigenvalue weighted by Gasteiger charge is 2.40. The van der Waals surface area contributed by atoms with Crippen molar-refractivity contribution in [1.29, 1.82) is 0 Å². The fourth-order valence-corrected chi connectivity index (χ4v) is 4.22. The van der Waals surface area contributed by atoms with Crippen LogP contribution in [0.2, 0.25) is 0 Å². The Balaban J connectivity index is 1.73. The molecule has 1 aliphatic heterocycles. The van der Waals surface area contributed by atoms with Crippen LogP contribution in [0.4, 0.5) is 0 Å². The molecule has 5 heteroatoms. The molecule has 0 bridgehead atoms. The lowest BCUT2D eigenvalue weighted by Gasteiger charge is -2.36. The first-order valence-corrected chi connectivity index (χ1v) is 8.28. The number of hydrogen-bond donors (Lipinski definition) is 2. The van der Waals surface area contributed by atoms with Gasteiger partial charge in [0.05, 0.1) is 11.5 Å². The smallest absolute Gasteiger partial charge is 0.228 e. The van der Waals surface area contributed by atoms with Crippen LogP contribution in [0.3, 0.4) is 0 Å². The van der Waals surface area contributed by atoms with Crippen LogP contribution in [-0.4, -0.2) is 25.7 Å². The molecule has 0 aromatic carbocycles. The number of aryl methyl sites for hydroxylation is 1. The zero-order chi connectivity index (χ0) is 14.0. The van der Waals surface area contributed by atoms with Gasteiger partial charge in [-0.3, -0.25) is 4.79 Å². The maximum Gasteiger partial charge on any atom is 0.228 e. The monoisotopic (exact) mass is 294 g/mol. The van der Waals surface area contributed by atoms with Gasteiger partial charge in [-0.05, 0) is 49.1 Å². The fourth-order valence-electron chi connectivity index (χ4n) is 3.23. The largest absolute Gasteiger partial charge is 0.381 e. The number of carbonyl (C=O) groups excluding carboxylic acids is 1. The van der Waals surface area contributed by atoms with Crippen LogP contribution in [0.1, 0.15) is 42.2 Å². The molecule has 1 fully saturated rings. The average Bonchev–Trinajstić information content (AvgIpc) is 2.97. The van der Waals surface area contributed by atoms with Crippen molar-refractivity contribution in [3.05, 3.63) is 21.9 Å². The van der Waals surface area contributed by atoms with Crippen molar-refractivity contribution in [2.24, 2.45) is 11.1 Å². The molecule has 110 valence electrons. The molecular weight excluding hydrogens is 272 g/mol. The summed E-state index contributed by atoms with van der Waals surface area (Å²) >= 11 is 1.80. The second kappa shape index (κ2) is 5.84. The zero-order valence-electron chi connectivity index (χ0n) is 11.7. The van der Waals surface area contributed by atoms with E-state index in [1.165, 1.54) is 10.4 Å². The first kappa shape index (κ1) is 14.0. The molecule has 0 spiro atoms. The molecular formula is C15H22N2O2S. The van der Waals surface area contributed by atoms with E-state index in [0.717, 1.165) is 32.1 Å². The van der Waals surface area contributed by atoms with E-state index in [1.54, 1.807) is 11.3 Å². The Bertz CT molecular complexity index is 480. The van der Waals surface area contributed by atoms with E-state index in [4.69, 9.17) is 10.5 Å². The standard InChI is InChI=1S/C15H22N2O2S/c16-10-15(5-7-19-8-6-15)14(18)17-12-2-1-3-13-11(12)4-9-20-13/h4,9,12H,1-3,5-8,10,16H2,(H,17,18). The molecule has 3 rings (SSSR count). The second-order valence-corrected chi connectivity index (χ2v) is 6.81. The Kier molecular flexibility index (Phi) is 4.10. The van der Waals surface area contributed by atoms with Gasteiger partial charge in [0.2, 0.25) is 5.91 Å². The molecule has 1 saturated heterocycles. The minimum atomic E-state index is -0.425. The highest BCUT2D eigenvalue weighted by Crippen LogP contribution is 2.35. The Morgan fingerprint density at radius 1 is 1.50 bits per heavy atom. The van der Waals surface area contributed by atoms with Crippen LogP contribution in [0.25, 0.3) is 0 Å². The molecule has 1 amide bonds. The summed E-state index contributed by atoms with van der Waals surface area (Å²) in [6.07, 6.45) is 4.80. The molecule has 2 heterocycles. The number of ether oxygens (including phenoxy) is 1. The zero-order valence-corrected chi connectivity index (χ0v) is 12.5. The Morgan fingerprint density at radius 3 is 3.05 bits per heavy atom. The van der Waals surface area contributed by atoms with Gasteiger partial charge in [0, 0.05) is 24.6 Å². The minimum Gasteiger partial charge on any atom is -0.381 e. The van der Waals surface area contributed by atoms with Gasteiger partial charge in [-0.25, -0.2) is 0 Å². The fraction of sp³-hybridized carbons (Fsp3) is 0.667. The van der Waals surface area contributed by atoms with Gasteiger partial charge >= 0.3 is 0 Å². The molecule has 20 heavy (non-hydrogen) atoms. The van der Waals surface area contributed by atoms with Crippen molar-refractivity contribution in [3.63, 3.8) is 0 Å². The summed E-state index contributed by atoms with van der Waals surface area (Å²) in [5.74, 6) is 0.118. The molecule has 3 N–H and O–H groups in total. The predicted molar refractivity (Wildman–Crippen MR) is 79.7 cm³/mol. The first-order valence-electron chi connectivity index (χ1n) is 7.40. The van der Waals surface area contributed by atoms with Crippen LogP contribution >= 0.6 is 11.3 Å². The topological polar surface area (TPSA) is 64.4 Å². The van der Waals surface area contributed by atoms with E-state index >= 15 is 0 Å². The summed E-state index contributed by atoms with van der Waals surface area (Å²) in [4.78, 5) is 14.1. The summed E-state index contributed by atoms with van der Waals surface area (Å²) < 4.78 is 5.38. The van der Waals surface area contributed by atoms with E-state index in [0.29, 0.717) is 19.8 Å². The number of nitrogens with two attached hydrogens (primary N) is 1. The van der Waals surface area contributed by atoms with Crippen LogP contribution in [-0.2, 0) is 16.0 Å². The molecule has 1 aliphatic carbocycles. The summed E-state index contributed by atoms with van der Waals surface area (Å²) in [5.41, 5.74) is 6.79. The number of fused-ring (bicyclic) bond motifs is 1. The van der Waals surface area contributed by atoms with Crippen molar-refractivity contribution in [3.8, 4) is 0 Å². The molecule has 1 aromatic rings. The molecule has 0 saturated carbocycles. The highest BCUT2D eigenvalue weighted by molar-refractivity contribution is 7.10. The van der Waals surface area contributed by atoms with Crippen molar-refractivity contribution in [2.75, 3.05) is 19.8 Å². The van der Waals surface area contributed by atoms with Gasteiger partial charge in [-0.2, -0.15) is 0 Å². The Morgan fingerprint density at radius 2 is 2.30 bits per heavy atom. The van der Waals surface area contributed by atoms with Crippen molar-refractivity contribution >= 4 is 17.2 Å². The number of carbonyl (C=O) groups is 1.